The Kier molecular flexibility index (Phi) is 4.99. The third-order valence-corrected chi connectivity index (χ3v) is 6.30. The summed E-state index contributed by atoms with van der Waals surface area (Å²) < 4.78 is 4.10. The zero-order valence-electron chi connectivity index (χ0n) is 17.6. The van der Waals surface area contributed by atoms with Crippen LogP contribution in [0.25, 0.3) is 16.6 Å². The Labute approximate surface area is 181 Å². The molecule has 0 radical (unpaired) electrons. The molecule has 0 aliphatic rings. The van der Waals surface area contributed by atoms with Crippen LogP contribution in [0.4, 0.5) is 0 Å². The molecular weight excluding hydrogens is 396 g/mol. The van der Waals surface area contributed by atoms with E-state index in [1.807, 2.05) is 54.9 Å². The summed E-state index contributed by atoms with van der Waals surface area (Å²) in [5, 5.41) is 12.1. The molecule has 154 valence electrons. The lowest BCUT2D eigenvalue weighted by atomic mass is 9.79. The lowest BCUT2D eigenvalue weighted by Gasteiger charge is -2.36. The number of nitrogens with zero attached hydrogens (tertiary/aromatic N) is 2. The molecule has 1 N–H and O–H groups in total. The minimum absolute atomic E-state index is 0.203. The van der Waals surface area contributed by atoms with Crippen molar-refractivity contribution in [3.63, 3.8) is 0 Å². The van der Waals surface area contributed by atoms with Gasteiger partial charge in [-0.3, -0.25) is 0 Å². The Morgan fingerprint density at radius 2 is 1.60 bits per heavy atom. The Balaban J connectivity index is 2.04. The molecule has 4 rings (SSSR count). The predicted molar refractivity (Wildman–Crippen MR) is 122 cm³/mol. The van der Waals surface area contributed by atoms with Gasteiger partial charge in [-0.15, -0.1) is 0 Å². The fourth-order valence-corrected chi connectivity index (χ4v) is 4.76. The molecule has 0 amide bonds. The summed E-state index contributed by atoms with van der Waals surface area (Å²) in [4.78, 5) is 12.9. The summed E-state index contributed by atoms with van der Waals surface area (Å²) in [7, 11) is 0. The van der Waals surface area contributed by atoms with Crippen LogP contribution in [0.15, 0.2) is 66.9 Å². The number of benzene rings is 2. The van der Waals surface area contributed by atoms with Crippen molar-refractivity contribution in [2.75, 3.05) is 0 Å². The molecule has 0 aliphatic carbocycles. The highest BCUT2D eigenvalue weighted by molar-refractivity contribution is 6.30. The Morgan fingerprint density at radius 1 is 0.967 bits per heavy atom. The van der Waals surface area contributed by atoms with E-state index >= 15 is 0 Å². The lowest BCUT2D eigenvalue weighted by Crippen LogP contribution is -2.47. The highest BCUT2D eigenvalue weighted by atomic mass is 35.5. The molecule has 2 aromatic carbocycles. The van der Waals surface area contributed by atoms with Gasteiger partial charge < -0.3 is 14.2 Å². The summed E-state index contributed by atoms with van der Waals surface area (Å²) in [5.41, 5.74) is 3.64. The van der Waals surface area contributed by atoms with Crippen molar-refractivity contribution in [3.05, 3.63) is 88.8 Å². The summed E-state index contributed by atoms with van der Waals surface area (Å²) >= 11 is 6.09. The molecule has 4 aromatic rings. The third kappa shape index (κ3) is 2.86. The number of aryl methyl sites for hydroxylation is 2. The van der Waals surface area contributed by atoms with Gasteiger partial charge in [-0.2, -0.15) is 0 Å². The highest BCUT2D eigenvalue weighted by Crippen LogP contribution is 2.39. The van der Waals surface area contributed by atoms with Gasteiger partial charge in [0.15, 0.2) is 5.54 Å². The molecule has 4 nitrogen and oxygen atoms in total. The van der Waals surface area contributed by atoms with Gasteiger partial charge in [0.2, 0.25) is 0 Å². The zero-order valence-corrected chi connectivity index (χ0v) is 18.3. The van der Waals surface area contributed by atoms with Crippen LogP contribution < -0.4 is 0 Å². The Hall–Kier alpha value is -2.98. The van der Waals surface area contributed by atoms with Crippen LogP contribution in [0.2, 0.25) is 5.02 Å². The van der Waals surface area contributed by atoms with E-state index in [1.54, 1.807) is 12.1 Å². The summed E-state index contributed by atoms with van der Waals surface area (Å²) in [5.74, 6) is -1.10. The first-order chi connectivity index (χ1) is 14.3. The van der Waals surface area contributed by atoms with Gasteiger partial charge in [0.1, 0.15) is 0 Å². The molecule has 0 aliphatic heterocycles. The first-order valence-corrected chi connectivity index (χ1v) is 10.4. The van der Waals surface area contributed by atoms with Crippen LogP contribution in [-0.2, 0) is 10.3 Å². The van der Waals surface area contributed by atoms with Gasteiger partial charge in [0, 0.05) is 28.0 Å². The number of carboxylic acid groups (broad SMARTS) is 1. The molecule has 5 heteroatoms. The quantitative estimate of drug-likeness (QED) is 0.418. The number of hydrogen-bond donors (Lipinski definition) is 1. The third-order valence-electron chi connectivity index (χ3n) is 6.05. The SMILES string of the molecule is Cc1ccc(C)n1-c1cccc2c1ccn2C(C(=O)O)(c1ccc(Cl)cc1)C(C)C. The molecular formula is C25H25ClN2O2. The summed E-state index contributed by atoms with van der Waals surface area (Å²) in [6.07, 6.45) is 1.89. The number of aromatic nitrogens is 2. The van der Waals surface area contributed by atoms with Gasteiger partial charge in [0.25, 0.3) is 0 Å². The summed E-state index contributed by atoms with van der Waals surface area (Å²) in [6, 6.07) is 19.4. The van der Waals surface area contributed by atoms with E-state index in [9.17, 15) is 9.90 Å². The van der Waals surface area contributed by atoms with Crippen molar-refractivity contribution in [1.29, 1.82) is 0 Å². The van der Waals surface area contributed by atoms with Crippen LogP contribution in [0, 0.1) is 19.8 Å². The fourth-order valence-electron chi connectivity index (χ4n) is 4.63. The largest absolute Gasteiger partial charge is 0.479 e. The first-order valence-electron chi connectivity index (χ1n) is 10.0. The average molecular weight is 421 g/mol. The maximum atomic E-state index is 12.9. The van der Waals surface area contributed by atoms with E-state index in [0.29, 0.717) is 10.6 Å². The maximum Gasteiger partial charge on any atom is 0.334 e. The van der Waals surface area contributed by atoms with E-state index in [0.717, 1.165) is 28.0 Å². The van der Waals surface area contributed by atoms with Crippen molar-refractivity contribution in [1.82, 2.24) is 9.13 Å². The highest BCUT2D eigenvalue weighted by Gasteiger charge is 2.46. The number of aliphatic carboxylic acids is 1. The van der Waals surface area contributed by atoms with Crippen LogP contribution in [0.1, 0.15) is 30.8 Å². The van der Waals surface area contributed by atoms with Crippen LogP contribution >= 0.6 is 11.6 Å². The van der Waals surface area contributed by atoms with Crippen LogP contribution in [-0.4, -0.2) is 20.2 Å². The fraction of sp³-hybridized carbons (Fsp3) is 0.240. The van der Waals surface area contributed by atoms with Crippen LogP contribution in [0.3, 0.4) is 0 Å². The number of halogens is 1. The first kappa shape index (κ1) is 20.3. The van der Waals surface area contributed by atoms with E-state index in [4.69, 9.17) is 11.6 Å². The number of carboxylic acids is 1. The van der Waals surface area contributed by atoms with Crippen molar-refractivity contribution >= 4 is 28.5 Å². The average Bonchev–Trinajstić information content (AvgIpc) is 3.27. The molecule has 0 bridgehead atoms. The summed E-state index contributed by atoms with van der Waals surface area (Å²) in [6.45, 7) is 8.04. The van der Waals surface area contributed by atoms with Gasteiger partial charge in [-0.05, 0) is 67.8 Å². The molecule has 30 heavy (non-hydrogen) atoms. The Bertz CT molecular complexity index is 1210. The minimum Gasteiger partial charge on any atom is -0.479 e. The van der Waals surface area contributed by atoms with E-state index in [-0.39, 0.29) is 5.92 Å². The number of fused-ring (bicyclic) bond motifs is 1. The predicted octanol–water partition coefficient (Wildman–Crippen LogP) is 6.19. The maximum absolute atomic E-state index is 12.9. The number of hydrogen-bond acceptors (Lipinski definition) is 1. The normalized spacial score (nSPS) is 13.7. The standard InChI is InChI=1S/C25H25ClN2O2/c1-16(2)25(24(29)30,19-10-12-20(26)13-11-19)27-15-14-21-22(27)6-5-7-23(21)28-17(3)8-9-18(28)4/h5-16H,1-4H3,(H,29,30). The zero-order chi connectivity index (χ0) is 21.6. The molecule has 0 fully saturated rings. The molecule has 0 spiro atoms. The van der Waals surface area contributed by atoms with E-state index in [2.05, 4.69) is 36.6 Å². The second-order valence-electron chi connectivity index (χ2n) is 8.08. The Morgan fingerprint density at radius 3 is 2.17 bits per heavy atom. The lowest BCUT2D eigenvalue weighted by molar-refractivity contribution is -0.147. The van der Waals surface area contributed by atoms with Crippen molar-refractivity contribution < 1.29 is 9.90 Å². The molecule has 1 unspecified atom stereocenters. The van der Waals surface area contributed by atoms with Gasteiger partial charge in [-0.1, -0.05) is 43.6 Å². The van der Waals surface area contributed by atoms with Gasteiger partial charge in [-0.25, -0.2) is 4.79 Å². The van der Waals surface area contributed by atoms with Crippen molar-refractivity contribution in [3.8, 4) is 5.69 Å². The second kappa shape index (κ2) is 7.37. The van der Waals surface area contributed by atoms with Crippen molar-refractivity contribution in [2.24, 2.45) is 5.92 Å². The van der Waals surface area contributed by atoms with Crippen LogP contribution in [0.5, 0.6) is 0 Å². The molecule has 1 atom stereocenters. The minimum atomic E-state index is -1.26. The van der Waals surface area contributed by atoms with E-state index in [1.165, 1.54) is 0 Å². The second-order valence-corrected chi connectivity index (χ2v) is 8.52. The van der Waals surface area contributed by atoms with Gasteiger partial charge >= 0.3 is 5.97 Å². The monoisotopic (exact) mass is 420 g/mol. The molecule has 0 saturated heterocycles. The number of carbonyl (C=O) groups is 1. The number of rotatable bonds is 5. The van der Waals surface area contributed by atoms with E-state index < -0.39 is 11.5 Å². The smallest absolute Gasteiger partial charge is 0.334 e. The molecule has 0 saturated carbocycles. The molecule has 2 heterocycles. The topological polar surface area (TPSA) is 47.2 Å². The van der Waals surface area contributed by atoms with Gasteiger partial charge in [0.05, 0.1) is 11.2 Å². The molecule has 2 aromatic heterocycles. The van der Waals surface area contributed by atoms with Crippen molar-refractivity contribution in [2.45, 2.75) is 33.2 Å².